The highest BCUT2D eigenvalue weighted by Gasteiger charge is 2.38. The van der Waals surface area contributed by atoms with Gasteiger partial charge in [-0.2, -0.15) is 9.50 Å². The molecule has 33 heavy (non-hydrogen) atoms. The topological polar surface area (TPSA) is 111 Å². The third-order valence-corrected chi connectivity index (χ3v) is 6.27. The smallest absolute Gasteiger partial charge is 0.291 e. The number of hydrogen-bond donors (Lipinski definition) is 1. The molecule has 0 amide bonds. The number of hydrogen-bond acceptors (Lipinski definition) is 7. The molecule has 0 spiro atoms. The summed E-state index contributed by atoms with van der Waals surface area (Å²) in [6, 6.07) is 24.2. The Bertz CT molecular complexity index is 1540. The second-order valence-corrected chi connectivity index (χ2v) is 8.31. The number of aromatic nitrogens is 3. The van der Waals surface area contributed by atoms with Crippen molar-refractivity contribution in [2.45, 2.75) is 5.60 Å². The molecule has 0 radical (unpaired) electrons. The lowest BCUT2D eigenvalue weighted by Gasteiger charge is -2.26. The van der Waals surface area contributed by atoms with Crippen LogP contribution in [0.1, 0.15) is 22.5 Å². The van der Waals surface area contributed by atoms with E-state index in [1.165, 1.54) is 12.1 Å². The molecule has 2 heterocycles. The van der Waals surface area contributed by atoms with Crippen LogP contribution in [-0.4, -0.2) is 24.6 Å². The molecular weight excluding hydrogens is 440 g/mol. The molecule has 0 aliphatic rings. The highest BCUT2D eigenvalue weighted by Crippen LogP contribution is 2.34. The van der Waals surface area contributed by atoms with Gasteiger partial charge in [0.15, 0.2) is 11.4 Å². The van der Waals surface area contributed by atoms with Crippen molar-refractivity contribution in [1.82, 2.24) is 14.6 Å². The molecule has 2 aromatic heterocycles. The standard InChI is InChI=1S/C24H16N4O4S/c29-21-20(15-16-9-7-8-14-19(16)28(31)32)33-23-25-22(26-27(21)23)24(30,17-10-3-1-4-11-17)18-12-5-2-6-13-18/h1-15,30H/b20-15+. The minimum atomic E-state index is -1.66. The SMILES string of the molecule is O=c1/c(=C\c2ccccc2[N+](=O)[O-])sc2nc(C(O)(c3ccccc3)c3ccccc3)nn12. The normalized spacial score (nSPS) is 12.3. The molecule has 0 aliphatic heterocycles. The van der Waals surface area contributed by atoms with Gasteiger partial charge in [-0.15, -0.1) is 5.10 Å². The third-order valence-electron chi connectivity index (χ3n) is 5.31. The van der Waals surface area contributed by atoms with Crippen LogP contribution >= 0.6 is 11.3 Å². The molecule has 8 nitrogen and oxygen atoms in total. The monoisotopic (exact) mass is 456 g/mol. The molecule has 5 rings (SSSR count). The zero-order valence-corrected chi connectivity index (χ0v) is 17.8. The van der Waals surface area contributed by atoms with Crippen LogP contribution < -0.4 is 10.1 Å². The predicted octanol–water partition coefficient (Wildman–Crippen LogP) is 2.89. The van der Waals surface area contributed by atoms with Gasteiger partial charge in [0.25, 0.3) is 11.2 Å². The summed E-state index contributed by atoms with van der Waals surface area (Å²) in [5.74, 6) is 0.0699. The fourth-order valence-electron chi connectivity index (χ4n) is 3.69. The molecule has 5 aromatic rings. The highest BCUT2D eigenvalue weighted by atomic mass is 32.1. The Morgan fingerprint density at radius 1 is 0.939 bits per heavy atom. The molecular formula is C24H16N4O4S. The molecule has 0 saturated carbocycles. The van der Waals surface area contributed by atoms with Crippen molar-refractivity contribution >= 4 is 28.1 Å². The van der Waals surface area contributed by atoms with E-state index in [0.717, 1.165) is 15.9 Å². The molecule has 9 heteroatoms. The Hall–Kier alpha value is -4.21. The van der Waals surface area contributed by atoms with Crippen molar-refractivity contribution < 1.29 is 10.0 Å². The summed E-state index contributed by atoms with van der Waals surface area (Å²) >= 11 is 1.05. The van der Waals surface area contributed by atoms with Gasteiger partial charge in [0.05, 0.1) is 15.0 Å². The number of nitro groups is 1. The number of nitro benzene ring substituents is 1. The van der Waals surface area contributed by atoms with Crippen molar-refractivity contribution in [3.05, 3.63) is 132 Å². The fraction of sp³-hybridized carbons (Fsp3) is 0.0417. The Balaban J connectivity index is 1.68. The van der Waals surface area contributed by atoms with Crippen LogP contribution in [0, 0.1) is 10.1 Å². The number of aliphatic hydroxyl groups is 1. The first-order chi connectivity index (χ1) is 16.0. The summed E-state index contributed by atoms with van der Waals surface area (Å²) in [5, 5.41) is 27.5. The van der Waals surface area contributed by atoms with Gasteiger partial charge in [0, 0.05) is 6.07 Å². The molecule has 0 saturated heterocycles. The first-order valence-corrected chi connectivity index (χ1v) is 10.8. The zero-order valence-electron chi connectivity index (χ0n) is 17.0. The lowest BCUT2D eigenvalue weighted by molar-refractivity contribution is -0.385. The first-order valence-electron chi connectivity index (χ1n) is 9.97. The Labute approximate surface area is 190 Å². The minimum Gasteiger partial charge on any atom is -0.373 e. The van der Waals surface area contributed by atoms with Crippen molar-refractivity contribution in [2.75, 3.05) is 0 Å². The van der Waals surface area contributed by atoms with Crippen molar-refractivity contribution in [2.24, 2.45) is 0 Å². The Morgan fingerprint density at radius 3 is 2.09 bits per heavy atom. The van der Waals surface area contributed by atoms with Crippen molar-refractivity contribution in [1.29, 1.82) is 0 Å². The number of rotatable bonds is 5. The van der Waals surface area contributed by atoms with E-state index in [0.29, 0.717) is 16.7 Å². The van der Waals surface area contributed by atoms with E-state index in [-0.39, 0.29) is 21.0 Å². The lowest BCUT2D eigenvalue weighted by Crippen LogP contribution is -2.31. The van der Waals surface area contributed by atoms with Crippen LogP contribution in [0.5, 0.6) is 0 Å². The van der Waals surface area contributed by atoms with Crippen LogP contribution in [0.2, 0.25) is 0 Å². The maximum atomic E-state index is 13.0. The predicted molar refractivity (Wildman–Crippen MR) is 124 cm³/mol. The number of nitrogens with zero attached hydrogens (tertiary/aromatic N) is 4. The van der Waals surface area contributed by atoms with Gasteiger partial charge in [0.1, 0.15) is 0 Å². The number of fused-ring (bicyclic) bond motifs is 1. The molecule has 162 valence electrons. The second kappa shape index (κ2) is 8.05. The van der Waals surface area contributed by atoms with Gasteiger partial charge >= 0.3 is 0 Å². The number of para-hydroxylation sites is 1. The van der Waals surface area contributed by atoms with E-state index in [4.69, 9.17) is 0 Å². The third kappa shape index (κ3) is 3.49. The van der Waals surface area contributed by atoms with Gasteiger partial charge in [-0.25, -0.2) is 0 Å². The summed E-state index contributed by atoms with van der Waals surface area (Å²) < 4.78 is 1.38. The molecule has 0 bridgehead atoms. The van der Waals surface area contributed by atoms with Crippen LogP contribution in [-0.2, 0) is 5.60 Å². The Morgan fingerprint density at radius 2 is 1.52 bits per heavy atom. The lowest BCUT2D eigenvalue weighted by atomic mass is 9.86. The maximum absolute atomic E-state index is 13.0. The summed E-state index contributed by atoms with van der Waals surface area (Å²) in [4.78, 5) is 28.6. The summed E-state index contributed by atoms with van der Waals surface area (Å²) in [6.07, 6.45) is 1.46. The maximum Gasteiger partial charge on any atom is 0.291 e. The minimum absolute atomic E-state index is 0.0699. The molecule has 0 fully saturated rings. The van der Waals surface area contributed by atoms with Gasteiger partial charge in [-0.1, -0.05) is 84.1 Å². The van der Waals surface area contributed by atoms with Crippen LogP contribution in [0.3, 0.4) is 0 Å². The molecule has 3 aromatic carbocycles. The summed E-state index contributed by atoms with van der Waals surface area (Å²) in [7, 11) is 0. The van der Waals surface area contributed by atoms with E-state index in [1.54, 1.807) is 66.7 Å². The molecule has 0 aliphatic carbocycles. The van der Waals surface area contributed by atoms with E-state index >= 15 is 0 Å². The first kappa shape index (κ1) is 20.7. The quantitative estimate of drug-likeness (QED) is 0.322. The van der Waals surface area contributed by atoms with Gasteiger partial charge < -0.3 is 5.11 Å². The Kier molecular flexibility index (Phi) is 5.04. The van der Waals surface area contributed by atoms with Gasteiger partial charge in [0.2, 0.25) is 4.96 Å². The summed E-state index contributed by atoms with van der Waals surface area (Å²) in [5.41, 5.74) is -0.783. The second-order valence-electron chi connectivity index (χ2n) is 7.30. The van der Waals surface area contributed by atoms with Gasteiger partial charge in [-0.05, 0) is 23.3 Å². The van der Waals surface area contributed by atoms with Crippen LogP contribution in [0.15, 0.2) is 89.7 Å². The highest BCUT2D eigenvalue weighted by molar-refractivity contribution is 7.15. The van der Waals surface area contributed by atoms with Crippen LogP contribution in [0.4, 0.5) is 5.69 Å². The fourth-order valence-corrected chi connectivity index (χ4v) is 4.59. The van der Waals surface area contributed by atoms with Crippen LogP contribution in [0.25, 0.3) is 11.0 Å². The largest absolute Gasteiger partial charge is 0.373 e. The molecule has 0 unspecified atom stereocenters. The van der Waals surface area contributed by atoms with E-state index in [2.05, 4.69) is 10.1 Å². The van der Waals surface area contributed by atoms with Crippen molar-refractivity contribution in [3.8, 4) is 0 Å². The number of thiazole rings is 1. The average molecular weight is 456 g/mol. The summed E-state index contributed by atoms with van der Waals surface area (Å²) in [6.45, 7) is 0. The average Bonchev–Trinajstić information content (AvgIpc) is 3.39. The van der Waals surface area contributed by atoms with Crippen molar-refractivity contribution in [3.63, 3.8) is 0 Å². The van der Waals surface area contributed by atoms with Gasteiger partial charge in [-0.3, -0.25) is 14.9 Å². The number of benzene rings is 3. The molecule has 0 atom stereocenters. The molecule has 1 N–H and O–H groups in total. The van der Waals surface area contributed by atoms with E-state index in [1.807, 2.05) is 12.1 Å². The zero-order chi connectivity index (χ0) is 23.0. The van der Waals surface area contributed by atoms with E-state index < -0.39 is 16.1 Å². The van der Waals surface area contributed by atoms with E-state index in [9.17, 15) is 20.0 Å².